The fourth-order valence-corrected chi connectivity index (χ4v) is 1.30. The first kappa shape index (κ1) is 12.5. The number of halogens is 2. The molecule has 1 heterocycles. The first-order valence-corrected chi connectivity index (χ1v) is 4.79. The number of nitrogens with zero attached hydrogens (tertiary/aromatic N) is 2. The molecule has 8 heteroatoms. The quantitative estimate of drug-likeness (QED) is 0.669. The highest BCUT2D eigenvalue weighted by molar-refractivity contribution is 6.36. The smallest absolute Gasteiger partial charge is 0.352 e. The van der Waals surface area contributed by atoms with E-state index < -0.39 is 10.9 Å². The van der Waals surface area contributed by atoms with Crippen LogP contribution in [0, 0.1) is 10.1 Å². The van der Waals surface area contributed by atoms with E-state index >= 15 is 0 Å². The van der Waals surface area contributed by atoms with Crippen LogP contribution in [-0.2, 0) is 6.54 Å². The Balaban J connectivity index is 3.15. The summed E-state index contributed by atoms with van der Waals surface area (Å²) in [4.78, 5) is 20.6. The molecule has 6 nitrogen and oxygen atoms in total. The lowest BCUT2D eigenvalue weighted by Crippen LogP contribution is -2.07. The molecule has 0 saturated carbocycles. The normalized spacial score (nSPS) is 11.5. The van der Waals surface area contributed by atoms with Gasteiger partial charge in [0.25, 0.3) is 5.69 Å². The van der Waals surface area contributed by atoms with E-state index in [9.17, 15) is 14.9 Å². The summed E-state index contributed by atoms with van der Waals surface area (Å²) in [6, 6.07) is 0.959. The molecular formula is C8H6Cl2N2O4. The van der Waals surface area contributed by atoms with Gasteiger partial charge in [0.05, 0.1) is 17.7 Å². The molecular weight excluding hydrogens is 259 g/mol. The molecule has 0 aliphatic carbocycles. The summed E-state index contributed by atoms with van der Waals surface area (Å²) in [5, 5.41) is 19.5. The van der Waals surface area contributed by atoms with Gasteiger partial charge < -0.3 is 9.67 Å². The zero-order chi connectivity index (χ0) is 12.3. The monoisotopic (exact) mass is 264 g/mol. The number of aromatic nitrogens is 1. The van der Waals surface area contributed by atoms with Gasteiger partial charge in [-0.1, -0.05) is 23.2 Å². The van der Waals surface area contributed by atoms with Crippen LogP contribution in [0.3, 0.4) is 0 Å². The molecule has 16 heavy (non-hydrogen) atoms. The first-order valence-electron chi connectivity index (χ1n) is 3.98. The Hall–Kier alpha value is -1.53. The lowest BCUT2D eigenvalue weighted by Gasteiger charge is -2.02. The number of carbonyl (C=O) groups is 1. The van der Waals surface area contributed by atoms with E-state index in [1.165, 1.54) is 0 Å². The molecule has 1 aromatic rings. The molecule has 0 spiro atoms. The van der Waals surface area contributed by atoms with Crippen molar-refractivity contribution in [1.29, 1.82) is 0 Å². The first-order chi connectivity index (χ1) is 7.45. The van der Waals surface area contributed by atoms with Crippen LogP contribution in [0.1, 0.15) is 10.5 Å². The van der Waals surface area contributed by atoms with Crippen molar-refractivity contribution in [2.45, 2.75) is 6.54 Å². The summed E-state index contributed by atoms with van der Waals surface area (Å²) < 4.78 is 1.14. The fraction of sp³-hybridized carbons (Fsp3) is 0.125. The van der Waals surface area contributed by atoms with E-state index in [1.54, 1.807) is 0 Å². The number of rotatable bonds is 4. The molecule has 1 aromatic heterocycles. The number of aromatic carboxylic acids is 1. The van der Waals surface area contributed by atoms with E-state index in [0.29, 0.717) is 0 Å². The Bertz CT molecular complexity index is 467. The SMILES string of the molecule is O=C(O)c1cc([N+](=O)[O-])cn1CC(Cl)=CCl. The second-order valence-electron chi connectivity index (χ2n) is 2.83. The highest BCUT2D eigenvalue weighted by Crippen LogP contribution is 2.19. The van der Waals surface area contributed by atoms with E-state index in [2.05, 4.69) is 0 Å². The summed E-state index contributed by atoms with van der Waals surface area (Å²) in [5.74, 6) is -1.27. The third-order valence-electron chi connectivity index (χ3n) is 1.75. The number of carboxylic acids is 1. The highest BCUT2D eigenvalue weighted by atomic mass is 35.5. The van der Waals surface area contributed by atoms with Crippen LogP contribution in [0.25, 0.3) is 0 Å². The predicted octanol–water partition coefficient (Wildman–Crippen LogP) is 2.41. The topological polar surface area (TPSA) is 85.4 Å². The van der Waals surface area contributed by atoms with Crippen LogP contribution in [0.2, 0.25) is 0 Å². The lowest BCUT2D eigenvalue weighted by atomic mass is 10.4. The van der Waals surface area contributed by atoms with Crippen molar-refractivity contribution in [3.8, 4) is 0 Å². The standard InChI is InChI=1S/C8H6Cl2N2O4/c9-2-5(10)3-11-4-6(12(15)16)1-7(11)8(13)14/h1-2,4H,3H2,(H,13,14). The van der Waals surface area contributed by atoms with Crippen LogP contribution in [0.4, 0.5) is 5.69 Å². The van der Waals surface area contributed by atoms with Gasteiger partial charge in [0.15, 0.2) is 0 Å². The Kier molecular flexibility index (Phi) is 3.92. The van der Waals surface area contributed by atoms with Crippen molar-refractivity contribution in [2.75, 3.05) is 0 Å². The van der Waals surface area contributed by atoms with Crippen LogP contribution < -0.4 is 0 Å². The zero-order valence-electron chi connectivity index (χ0n) is 7.76. The molecule has 0 fully saturated rings. The zero-order valence-corrected chi connectivity index (χ0v) is 9.27. The highest BCUT2D eigenvalue weighted by Gasteiger charge is 2.18. The molecule has 1 N–H and O–H groups in total. The van der Waals surface area contributed by atoms with Crippen molar-refractivity contribution in [3.63, 3.8) is 0 Å². The number of nitro groups is 1. The van der Waals surface area contributed by atoms with E-state index in [-0.39, 0.29) is 23.0 Å². The minimum atomic E-state index is -1.27. The van der Waals surface area contributed by atoms with Gasteiger partial charge in [-0.2, -0.15) is 0 Å². The van der Waals surface area contributed by atoms with E-state index in [0.717, 1.165) is 22.4 Å². The molecule has 0 unspecified atom stereocenters. The Morgan fingerprint density at radius 1 is 1.69 bits per heavy atom. The summed E-state index contributed by atoms with van der Waals surface area (Å²) in [6.45, 7) is -0.0273. The molecule has 0 saturated heterocycles. The van der Waals surface area contributed by atoms with Gasteiger partial charge in [-0.3, -0.25) is 10.1 Å². The van der Waals surface area contributed by atoms with Crippen molar-refractivity contribution in [2.24, 2.45) is 0 Å². The van der Waals surface area contributed by atoms with E-state index in [4.69, 9.17) is 28.3 Å². The second kappa shape index (κ2) is 5.00. The van der Waals surface area contributed by atoms with Gasteiger partial charge in [-0.15, -0.1) is 0 Å². The van der Waals surface area contributed by atoms with Gasteiger partial charge in [0.2, 0.25) is 0 Å². The molecule has 0 amide bonds. The minimum Gasteiger partial charge on any atom is -0.477 e. The third-order valence-corrected chi connectivity index (χ3v) is 2.36. The molecule has 86 valence electrons. The minimum absolute atomic E-state index is 0.0273. The Labute approximate surface area is 99.8 Å². The summed E-state index contributed by atoms with van der Waals surface area (Å²) in [6.07, 6.45) is 1.09. The van der Waals surface area contributed by atoms with Gasteiger partial charge in [-0.25, -0.2) is 4.79 Å². The Morgan fingerprint density at radius 3 is 2.75 bits per heavy atom. The second-order valence-corrected chi connectivity index (χ2v) is 3.53. The van der Waals surface area contributed by atoms with Crippen LogP contribution >= 0.6 is 23.2 Å². The maximum absolute atomic E-state index is 10.8. The van der Waals surface area contributed by atoms with E-state index in [1.807, 2.05) is 0 Å². The average Bonchev–Trinajstić information content (AvgIpc) is 2.61. The number of allylic oxidation sites excluding steroid dienone is 1. The maximum atomic E-state index is 10.8. The van der Waals surface area contributed by atoms with Gasteiger partial charge in [0.1, 0.15) is 5.69 Å². The third kappa shape index (κ3) is 2.74. The van der Waals surface area contributed by atoms with Crippen LogP contribution in [0.5, 0.6) is 0 Å². The molecule has 0 radical (unpaired) electrons. The molecule has 0 aliphatic heterocycles. The number of hydrogen-bond donors (Lipinski definition) is 1. The summed E-state index contributed by atoms with van der Waals surface area (Å²) >= 11 is 10.9. The van der Waals surface area contributed by atoms with Crippen molar-refractivity contribution in [3.05, 3.63) is 38.6 Å². The van der Waals surface area contributed by atoms with Crippen LogP contribution in [-0.4, -0.2) is 20.6 Å². The number of hydrogen-bond acceptors (Lipinski definition) is 3. The maximum Gasteiger partial charge on any atom is 0.352 e. The van der Waals surface area contributed by atoms with Crippen molar-refractivity contribution in [1.82, 2.24) is 4.57 Å². The predicted molar refractivity (Wildman–Crippen MR) is 57.8 cm³/mol. The van der Waals surface area contributed by atoms with Crippen molar-refractivity contribution >= 4 is 34.9 Å². The largest absolute Gasteiger partial charge is 0.477 e. The molecule has 0 atom stereocenters. The summed E-state index contributed by atoms with van der Waals surface area (Å²) in [5.41, 5.74) is 0.541. The fourth-order valence-electron chi connectivity index (χ4n) is 1.10. The molecule has 0 aliphatic rings. The van der Waals surface area contributed by atoms with Gasteiger partial charge in [0, 0.05) is 16.6 Å². The van der Waals surface area contributed by atoms with Gasteiger partial charge >= 0.3 is 5.97 Å². The Morgan fingerprint density at radius 2 is 2.31 bits per heavy atom. The number of carboxylic acid groups (broad SMARTS) is 1. The molecule has 0 bridgehead atoms. The lowest BCUT2D eigenvalue weighted by molar-refractivity contribution is -0.384. The van der Waals surface area contributed by atoms with Gasteiger partial charge in [-0.05, 0) is 0 Å². The average molecular weight is 265 g/mol. The van der Waals surface area contributed by atoms with Crippen LogP contribution in [0.15, 0.2) is 22.8 Å². The molecule has 1 rings (SSSR count). The molecule has 0 aromatic carbocycles. The van der Waals surface area contributed by atoms with Crippen molar-refractivity contribution < 1.29 is 14.8 Å². The summed E-state index contributed by atoms with van der Waals surface area (Å²) in [7, 11) is 0.